The van der Waals surface area contributed by atoms with E-state index in [-0.39, 0.29) is 5.82 Å². The van der Waals surface area contributed by atoms with E-state index in [9.17, 15) is 4.39 Å². The Morgan fingerprint density at radius 1 is 1.25 bits per heavy atom. The van der Waals surface area contributed by atoms with Crippen molar-refractivity contribution >= 4 is 31.9 Å². The van der Waals surface area contributed by atoms with Crippen molar-refractivity contribution in [2.24, 2.45) is 5.73 Å². The molecule has 1 unspecified atom stereocenters. The summed E-state index contributed by atoms with van der Waals surface area (Å²) in [5, 5.41) is 0. The molecule has 1 aromatic carbocycles. The minimum absolute atomic E-state index is 0.337. The van der Waals surface area contributed by atoms with E-state index in [2.05, 4.69) is 31.9 Å². The van der Waals surface area contributed by atoms with Gasteiger partial charge in [-0.25, -0.2) is 4.39 Å². The summed E-state index contributed by atoms with van der Waals surface area (Å²) < 4.78 is 19.7. The summed E-state index contributed by atoms with van der Waals surface area (Å²) >= 11 is 6.50. The van der Waals surface area contributed by atoms with E-state index in [4.69, 9.17) is 10.2 Å². The summed E-state index contributed by atoms with van der Waals surface area (Å²) in [4.78, 5) is 0. The monoisotopic (exact) mass is 347 g/mol. The fraction of sp³-hybridized carbons (Fsp3) is 0.0909. The Morgan fingerprint density at radius 2 is 2.00 bits per heavy atom. The zero-order valence-electron chi connectivity index (χ0n) is 8.08. The number of benzene rings is 1. The van der Waals surface area contributed by atoms with Gasteiger partial charge in [-0.05, 0) is 49.6 Å². The summed E-state index contributed by atoms with van der Waals surface area (Å²) in [6.45, 7) is 0. The average molecular weight is 349 g/mol. The molecule has 0 saturated carbocycles. The first-order valence-corrected chi connectivity index (χ1v) is 6.12. The summed E-state index contributed by atoms with van der Waals surface area (Å²) in [5.74, 6) is 0.238. The molecule has 84 valence electrons. The summed E-state index contributed by atoms with van der Waals surface area (Å²) in [6.07, 6.45) is 1.53. The Balaban J connectivity index is 2.46. The first-order chi connectivity index (χ1) is 7.61. The lowest BCUT2D eigenvalue weighted by Gasteiger charge is -2.12. The van der Waals surface area contributed by atoms with Crippen LogP contribution in [0.3, 0.4) is 0 Å². The van der Waals surface area contributed by atoms with Crippen LogP contribution in [0, 0.1) is 5.82 Å². The van der Waals surface area contributed by atoms with Gasteiger partial charge < -0.3 is 10.2 Å². The molecule has 5 heteroatoms. The van der Waals surface area contributed by atoms with Crippen LogP contribution in [0.1, 0.15) is 17.4 Å². The molecule has 2 aromatic rings. The van der Waals surface area contributed by atoms with Gasteiger partial charge in [0.2, 0.25) is 0 Å². The van der Waals surface area contributed by atoms with Gasteiger partial charge in [0, 0.05) is 0 Å². The van der Waals surface area contributed by atoms with Gasteiger partial charge in [-0.1, -0.05) is 12.1 Å². The molecular formula is C11H8Br2FNO. The topological polar surface area (TPSA) is 39.2 Å². The second-order valence-corrected chi connectivity index (χ2v) is 4.90. The van der Waals surface area contributed by atoms with E-state index in [1.54, 1.807) is 18.2 Å². The van der Waals surface area contributed by atoms with E-state index in [1.165, 1.54) is 12.3 Å². The Hall–Kier alpha value is -0.650. The van der Waals surface area contributed by atoms with Gasteiger partial charge >= 0.3 is 0 Å². The molecule has 0 spiro atoms. The third-order valence-electron chi connectivity index (χ3n) is 2.24. The molecule has 0 aliphatic rings. The molecule has 2 N–H and O–H groups in total. The molecule has 0 bridgehead atoms. The maximum Gasteiger partial charge on any atom is 0.139 e. The van der Waals surface area contributed by atoms with Crippen LogP contribution >= 0.6 is 31.9 Å². The lowest BCUT2D eigenvalue weighted by molar-refractivity contribution is 0.485. The molecule has 0 aliphatic carbocycles. The molecule has 2 rings (SSSR count). The van der Waals surface area contributed by atoms with Crippen molar-refractivity contribution in [2.75, 3.05) is 0 Å². The van der Waals surface area contributed by atoms with Crippen LogP contribution in [0.5, 0.6) is 0 Å². The van der Waals surface area contributed by atoms with Crippen LogP contribution in [0.4, 0.5) is 4.39 Å². The van der Waals surface area contributed by atoms with Gasteiger partial charge in [-0.15, -0.1) is 0 Å². The number of furan rings is 1. The molecule has 0 saturated heterocycles. The molecule has 2 nitrogen and oxygen atoms in total. The van der Waals surface area contributed by atoms with Gasteiger partial charge in [0.05, 0.1) is 21.3 Å². The van der Waals surface area contributed by atoms with Gasteiger partial charge in [0.25, 0.3) is 0 Å². The zero-order chi connectivity index (χ0) is 11.7. The predicted octanol–water partition coefficient (Wildman–Crippen LogP) is 3.99. The third-order valence-corrected chi connectivity index (χ3v) is 3.74. The predicted molar refractivity (Wildman–Crippen MR) is 66.5 cm³/mol. The van der Waals surface area contributed by atoms with E-state index in [0.29, 0.717) is 15.8 Å². The number of nitrogens with two attached hydrogens (primary N) is 1. The van der Waals surface area contributed by atoms with Crippen LogP contribution in [0.15, 0.2) is 43.9 Å². The molecule has 1 atom stereocenters. The lowest BCUT2D eigenvalue weighted by Crippen LogP contribution is -2.12. The minimum Gasteiger partial charge on any atom is -0.466 e. The van der Waals surface area contributed by atoms with Crippen molar-refractivity contribution in [2.45, 2.75) is 6.04 Å². The van der Waals surface area contributed by atoms with Crippen molar-refractivity contribution in [3.05, 3.63) is 56.6 Å². The number of hydrogen-bond donors (Lipinski definition) is 1. The van der Waals surface area contributed by atoms with Gasteiger partial charge in [0.1, 0.15) is 11.6 Å². The van der Waals surface area contributed by atoms with E-state index in [0.717, 1.165) is 4.47 Å². The molecule has 0 amide bonds. The summed E-state index contributed by atoms with van der Waals surface area (Å²) in [5.41, 5.74) is 6.66. The fourth-order valence-corrected chi connectivity index (χ4v) is 2.39. The summed E-state index contributed by atoms with van der Waals surface area (Å²) in [6, 6.07) is 5.99. The highest BCUT2D eigenvalue weighted by molar-refractivity contribution is 9.10. The molecular weight excluding hydrogens is 341 g/mol. The number of hydrogen-bond acceptors (Lipinski definition) is 2. The third kappa shape index (κ3) is 2.07. The van der Waals surface area contributed by atoms with Crippen LogP contribution in [-0.4, -0.2) is 0 Å². The number of halogens is 3. The Morgan fingerprint density at radius 3 is 2.62 bits per heavy atom. The van der Waals surface area contributed by atoms with Gasteiger partial charge in [-0.3, -0.25) is 0 Å². The van der Waals surface area contributed by atoms with Crippen molar-refractivity contribution in [3.63, 3.8) is 0 Å². The van der Waals surface area contributed by atoms with Crippen molar-refractivity contribution < 1.29 is 8.81 Å². The largest absolute Gasteiger partial charge is 0.466 e. The molecule has 16 heavy (non-hydrogen) atoms. The van der Waals surface area contributed by atoms with Crippen LogP contribution in [0.25, 0.3) is 0 Å². The van der Waals surface area contributed by atoms with Crippen molar-refractivity contribution in [1.82, 2.24) is 0 Å². The molecule has 1 aromatic heterocycles. The van der Waals surface area contributed by atoms with E-state index < -0.39 is 6.04 Å². The van der Waals surface area contributed by atoms with Crippen LogP contribution in [0.2, 0.25) is 0 Å². The van der Waals surface area contributed by atoms with E-state index in [1.807, 2.05) is 0 Å². The van der Waals surface area contributed by atoms with Crippen molar-refractivity contribution in [1.29, 1.82) is 0 Å². The Bertz CT molecular complexity index is 512. The van der Waals surface area contributed by atoms with Gasteiger partial charge in [0.15, 0.2) is 0 Å². The first kappa shape index (κ1) is 11.8. The highest BCUT2D eigenvalue weighted by atomic mass is 79.9. The molecule has 0 aliphatic heterocycles. The normalized spacial score (nSPS) is 12.8. The standard InChI is InChI=1S/C11H8Br2FNO/c12-7-4-5-16-11(7)10(15)6-2-1-3-8(14)9(6)13/h1-5,10H,15H2. The van der Waals surface area contributed by atoms with Gasteiger partial charge in [-0.2, -0.15) is 0 Å². The number of rotatable bonds is 2. The smallest absolute Gasteiger partial charge is 0.139 e. The molecule has 0 fully saturated rings. The van der Waals surface area contributed by atoms with Crippen LogP contribution < -0.4 is 5.73 Å². The SMILES string of the molecule is NC(c1cccc(F)c1Br)c1occc1Br. The molecule has 1 heterocycles. The minimum atomic E-state index is -0.505. The Labute approximate surface area is 109 Å². The van der Waals surface area contributed by atoms with Crippen LogP contribution in [-0.2, 0) is 0 Å². The van der Waals surface area contributed by atoms with Crippen molar-refractivity contribution in [3.8, 4) is 0 Å². The highest BCUT2D eigenvalue weighted by Gasteiger charge is 2.19. The first-order valence-electron chi connectivity index (χ1n) is 4.53. The molecule has 0 radical (unpaired) electrons. The highest BCUT2D eigenvalue weighted by Crippen LogP contribution is 2.32. The maximum atomic E-state index is 13.3. The maximum absolute atomic E-state index is 13.3. The van der Waals surface area contributed by atoms with E-state index >= 15 is 0 Å². The zero-order valence-corrected chi connectivity index (χ0v) is 11.3. The quantitative estimate of drug-likeness (QED) is 0.891. The second-order valence-electron chi connectivity index (χ2n) is 3.25. The second kappa shape index (κ2) is 4.69. The Kier molecular flexibility index (Phi) is 3.47. The average Bonchev–Trinajstić information content (AvgIpc) is 2.68. The summed E-state index contributed by atoms with van der Waals surface area (Å²) in [7, 11) is 0. The lowest BCUT2D eigenvalue weighted by atomic mass is 10.1. The fourth-order valence-electron chi connectivity index (χ4n) is 1.43.